The van der Waals surface area contributed by atoms with Gasteiger partial charge in [-0.15, -0.1) is 11.3 Å². The lowest BCUT2D eigenvalue weighted by atomic mass is 9.93. The lowest BCUT2D eigenvalue weighted by molar-refractivity contribution is -0.127. The van der Waals surface area contributed by atoms with Gasteiger partial charge < -0.3 is 14.8 Å². The summed E-state index contributed by atoms with van der Waals surface area (Å²) in [4.78, 5) is 38.6. The normalized spacial score (nSPS) is 17.0. The van der Waals surface area contributed by atoms with Crippen LogP contribution in [0.25, 0.3) is 21.5 Å². The zero-order valence-electron chi connectivity index (χ0n) is 26.3. The van der Waals surface area contributed by atoms with Gasteiger partial charge in [0.05, 0.1) is 22.0 Å². The van der Waals surface area contributed by atoms with Gasteiger partial charge in [-0.3, -0.25) is 14.9 Å². The van der Waals surface area contributed by atoms with Gasteiger partial charge >= 0.3 is 0 Å². The average Bonchev–Trinajstić information content (AvgIpc) is 3.38. The third-order valence-electron chi connectivity index (χ3n) is 8.30. The smallest absolute Gasteiger partial charge is 0.268 e. The van der Waals surface area contributed by atoms with E-state index in [1.54, 1.807) is 29.2 Å². The van der Waals surface area contributed by atoms with Crippen LogP contribution in [0.15, 0.2) is 60.3 Å². The van der Waals surface area contributed by atoms with Crippen molar-refractivity contribution in [3.8, 4) is 16.5 Å². The molecule has 0 radical (unpaired) electrons. The molecule has 2 aliphatic rings. The number of fused-ring (bicyclic) bond motifs is 1. The van der Waals surface area contributed by atoms with E-state index in [1.807, 2.05) is 37.5 Å². The molecular weight excluding hydrogens is 601 g/mol. The van der Waals surface area contributed by atoms with E-state index in [0.717, 1.165) is 53.3 Å². The van der Waals surface area contributed by atoms with Gasteiger partial charge in [0.25, 0.3) is 11.8 Å². The largest absolute Gasteiger partial charge is 0.333 e. The number of hydrogen-bond acceptors (Lipinski definition) is 7. The van der Waals surface area contributed by atoms with Crippen molar-refractivity contribution in [2.45, 2.75) is 65.6 Å². The van der Waals surface area contributed by atoms with Crippen LogP contribution < -0.4 is 10.6 Å². The molecule has 0 bridgehead atoms. The average molecular weight is 640 g/mol. The van der Waals surface area contributed by atoms with E-state index < -0.39 is 5.95 Å². The van der Waals surface area contributed by atoms with E-state index >= 15 is 0 Å². The number of amides is 2. The monoisotopic (exact) mass is 639 g/mol. The lowest BCUT2D eigenvalue weighted by Gasteiger charge is -2.26. The Labute approximate surface area is 272 Å². The predicted molar refractivity (Wildman–Crippen MR) is 178 cm³/mol. The van der Waals surface area contributed by atoms with Gasteiger partial charge in [-0.25, -0.2) is 9.97 Å². The highest BCUT2D eigenvalue weighted by Crippen LogP contribution is 2.31. The summed E-state index contributed by atoms with van der Waals surface area (Å²) in [5.74, 6) is -0.0107. The molecule has 0 unspecified atom stereocenters. The van der Waals surface area contributed by atoms with Gasteiger partial charge in [0.15, 0.2) is 0 Å². The Morgan fingerprint density at radius 3 is 2.72 bits per heavy atom. The molecule has 0 spiro atoms. The Hall–Kier alpha value is -4.40. The summed E-state index contributed by atoms with van der Waals surface area (Å²) in [6, 6.07) is 14.6. The fourth-order valence-electron chi connectivity index (χ4n) is 5.88. The third kappa shape index (κ3) is 7.35. The van der Waals surface area contributed by atoms with E-state index in [0.29, 0.717) is 29.5 Å². The fraction of sp³-hybridized carbons (Fsp3) is 0.400. The number of benzene rings is 1. The van der Waals surface area contributed by atoms with Gasteiger partial charge in [0.2, 0.25) is 11.9 Å². The zero-order chi connectivity index (χ0) is 32.4. The number of pyridine rings is 1. The van der Waals surface area contributed by atoms with Crippen LogP contribution in [0.4, 0.5) is 10.3 Å². The lowest BCUT2D eigenvalue weighted by Crippen LogP contribution is -2.39. The van der Waals surface area contributed by atoms with Crippen molar-refractivity contribution in [2.75, 3.05) is 18.4 Å². The van der Waals surface area contributed by atoms with E-state index in [2.05, 4.69) is 27.8 Å². The van der Waals surface area contributed by atoms with Gasteiger partial charge in [0.1, 0.15) is 11.6 Å². The molecule has 1 aliphatic heterocycles. The summed E-state index contributed by atoms with van der Waals surface area (Å²) in [6.45, 7) is 8.61. The molecule has 4 heterocycles. The van der Waals surface area contributed by atoms with Crippen molar-refractivity contribution in [1.29, 1.82) is 5.26 Å². The Morgan fingerprint density at radius 1 is 1.15 bits per heavy atom. The molecule has 1 saturated heterocycles. The van der Waals surface area contributed by atoms with Crippen LogP contribution in [0.3, 0.4) is 0 Å². The van der Waals surface area contributed by atoms with E-state index in [-0.39, 0.29) is 28.8 Å². The van der Waals surface area contributed by atoms with Crippen LogP contribution >= 0.6 is 11.3 Å². The molecule has 1 atom stereocenters. The maximum absolute atomic E-state index is 13.7. The minimum Gasteiger partial charge on any atom is -0.333 e. The first-order chi connectivity index (χ1) is 22.1. The minimum atomic E-state index is -0.581. The van der Waals surface area contributed by atoms with Gasteiger partial charge in [0, 0.05) is 36.8 Å². The Bertz CT molecular complexity index is 1840. The second-order valence-electron chi connectivity index (χ2n) is 13.3. The number of anilines is 1. The second-order valence-corrected chi connectivity index (χ2v) is 14.3. The topological polar surface area (TPSA) is 116 Å². The molecule has 2 N–H and O–H groups in total. The summed E-state index contributed by atoms with van der Waals surface area (Å²) >= 11 is 1.26. The number of allylic oxidation sites excluding steroid dienone is 1. The van der Waals surface area contributed by atoms with Crippen molar-refractivity contribution in [3.05, 3.63) is 76.7 Å². The number of carbonyl (C=O) groups excluding carboxylic acids is 2. The fourth-order valence-corrected chi connectivity index (χ4v) is 6.77. The van der Waals surface area contributed by atoms with Crippen molar-refractivity contribution in [2.24, 2.45) is 11.3 Å². The van der Waals surface area contributed by atoms with Crippen molar-refractivity contribution in [3.63, 3.8) is 0 Å². The molecule has 1 saturated carbocycles. The van der Waals surface area contributed by atoms with Crippen LogP contribution in [0.2, 0.25) is 0 Å². The maximum atomic E-state index is 13.7. The molecule has 11 heteroatoms. The molecule has 1 aromatic carbocycles. The summed E-state index contributed by atoms with van der Waals surface area (Å²) in [5, 5.41) is 16.4. The van der Waals surface area contributed by atoms with Crippen molar-refractivity contribution < 1.29 is 14.0 Å². The Balaban J connectivity index is 1.28. The zero-order valence-corrected chi connectivity index (χ0v) is 27.2. The standard InChI is InChI=1S/C35H38FN7O2S/c1-35(2,3)17-25(18-37)33(45)42-14-4-5-26(42)21-43-28-9-8-23(20-38-19-22-6-7-22)15-27(28)40-34(43)41-32(44)30-11-10-29(46-30)24-12-13-39-31(36)16-24/h8-13,15-17,22,26,38H,4-7,14,19-21H2,1-3H3,(H,40,41,44)/t26-/m1/s1. The SMILES string of the molecule is CC(C)(C)C=C(C#N)C(=O)N1CCC[C@@H]1Cn1c(NC(=O)c2ccc(-c3ccnc(F)c3)s2)nc2cc(CNCC3CC3)ccc21. The van der Waals surface area contributed by atoms with Crippen LogP contribution in [-0.4, -0.2) is 50.4 Å². The highest BCUT2D eigenvalue weighted by atomic mass is 32.1. The second kappa shape index (κ2) is 13.1. The third-order valence-corrected chi connectivity index (χ3v) is 9.43. The minimum absolute atomic E-state index is 0.148. The molecule has 2 amide bonds. The van der Waals surface area contributed by atoms with Gasteiger partial charge in [-0.2, -0.15) is 9.65 Å². The van der Waals surface area contributed by atoms with E-state index in [9.17, 15) is 19.2 Å². The number of likely N-dealkylation sites (tertiary alicyclic amines) is 1. The Morgan fingerprint density at radius 2 is 1.98 bits per heavy atom. The first-order valence-corrected chi connectivity index (χ1v) is 16.6. The van der Waals surface area contributed by atoms with Crippen LogP contribution in [0, 0.1) is 28.6 Å². The molecule has 6 rings (SSSR count). The van der Waals surface area contributed by atoms with Crippen molar-refractivity contribution >= 4 is 40.1 Å². The van der Waals surface area contributed by atoms with E-state index in [4.69, 9.17) is 4.98 Å². The number of thiophene rings is 1. The molecule has 1 aliphatic carbocycles. The van der Waals surface area contributed by atoms with Gasteiger partial charge in [-0.05, 0) is 85.0 Å². The first kappa shape index (κ1) is 31.6. The summed E-state index contributed by atoms with van der Waals surface area (Å²) in [7, 11) is 0. The number of nitrogens with one attached hydrogen (secondary N) is 2. The number of rotatable bonds is 10. The molecular formula is C35H38FN7O2S. The maximum Gasteiger partial charge on any atom is 0.268 e. The molecule has 3 aromatic heterocycles. The Kier molecular flexibility index (Phi) is 9.02. The number of hydrogen-bond donors (Lipinski definition) is 2. The highest BCUT2D eigenvalue weighted by Gasteiger charge is 2.33. The quantitative estimate of drug-likeness (QED) is 0.116. The van der Waals surface area contributed by atoms with Crippen LogP contribution in [0.5, 0.6) is 0 Å². The molecule has 2 fully saturated rings. The number of imidazole rings is 1. The van der Waals surface area contributed by atoms with Crippen LogP contribution in [0.1, 0.15) is 61.7 Å². The molecule has 238 valence electrons. The number of nitrogens with zero attached hydrogens (tertiary/aromatic N) is 5. The number of nitriles is 1. The van der Waals surface area contributed by atoms with Crippen LogP contribution in [-0.2, 0) is 17.9 Å². The summed E-state index contributed by atoms with van der Waals surface area (Å²) in [6.07, 6.45) is 7.30. The van der Waals surface area contributed by atoms with Crippen molar-refractivity contribution in [1.82, 2.24) is 24.8 Å². The number of carbonyl (C=O) groups is 2. The predicted octanol–water partition coefficient (Wildman–Crippen LogP) is 6.54. The molecule has 4 aromatic rings. The first-order valence-electron chi connectivity index (χ1n) is 15.7. The van der Waals surface area contributed by atoms with Gasteiger partial charge in [-0.1, -0.05) is 32.9 Å². The number of aromatic nitrogens is 3. The summed E-state index contributed by atoms with van der Waals surface area (Å²) < 4.78 is 15.7. The molecule has 46 heavy (non-hydrogen) atoms. The summed E-state index contributed by atoms with van der Waals surface area (Å²) in [5.41, 5.74) is 3.19. The molecule has 9 nitrogen and oxygen atoms in total. The van der Waals surface area contributed by atoms with E-state index in [1.165, 1.54) is 36.4 Å². The number of halogens is 1. The highest BCUT2D eigenvalue weighted by molar-refractivity contribution is 7.17.